The molecule has 0 heterocycles. The highest BCUT2D eigenvalue weighted by Crippen LogP contribution is 2.19. The van der Waals surface area contributed by atoms with E-state index in [0.29, 0.717) is 13.1 Å². The van der Waals surface area contributed by atoms with Gasteiger partial charge in [0.2, 0.25) is 0 Å². The molecule has 1 unspecified atom stereocenters. The summed E-state index contributed by atoms with van der Waals surface area (Å²) in [5, 5.41) is 9.49. The van der Waals surface area contributed by atoms with Crippen LogP contribution in [0.3, 0.4) is 0 Å². The van der Waals surface area contributed by atoms with E-state index in [1.165, 1.54) is 11.0 Å². The van der Waals surface area contributed by atoms with Gasteiger partial charge >= 0.3 is 0 Å². The average Bonchev–Trinajstić information content (AvgIpc) is 2.28. The Balaban J connectivity index is 2.81. The summed E-state index contributed by atoms with van der Waals surface area (Å²) in [4.78, 5) is 13.4. The molecule has 5 heteroatoms. The number of nitrogens with zero attached hydrogens (tertiary/aromatic N) is 1. The van der Waals surface area contributed by atoms with Gasteiger partial charge in [0, 0.05) is 19.7 Å². The first-order valence-corrected chi connectivity index (χ1v) is 5.39. The number of hydrogen-bond donors (Lipinski definition) is 2. The van der Waals surface area contributed by atoms with Crippen LogP contribution in [-0.2, 0) is 0 Å². The third kappa shape index (κ3) is 3.42. The maximum absolute atomic E-state index is 12.8. The molecule has 4 nitrogen and oxygen atoms in total. The third-order valence-electron chi connectivity index (χ3n) is 2.52. The van der Waals surface area contributed by atoms with Crippen molar-refractivity contribution in [2.45, 2.75) is 6.92 Å². The monoisotopic (exact) mass is 240 g/mol. The van der Waals surface area contributed by atoms with Crippen molar-refractivity contribution in [3.05, 3.63) is 29.6 Å². The standard InChI is InChI=1S/C12H17FN2O2/c1-8(6-14)7-15(2)12(17)10-4-3-9(13)5-11(10)16/h3-5,8,16H,6-7,14H2,1-2H3. The van der Waals surface area contributed by atoms with Gasteiger partial charge in [-0.25, -0.2) is 4.39 Å². The Morgan fingerprint density at radius 1 is 1.59 bits per heavy atom. The van der Waals surface area contributed by atoms with E-state index in [2.05, 4.69) is 0 Å². The summed E-state index contributed by atoms with van der Waals surface area (Å²) in [6.07, 6.45) is 0. The molecule has 0 aromatic heterocycles. The maximum atomic E-state index is 12.8. The third-order valence-corrected chi connectivity index (χ3v) is 2.52. The van der Waals surface area contributed by atoms with Crippen LogP contribution in [0, 0.1) is 11.7 Å². The fourth-order valence-electron chi connectivity index (χ4n) is 1.52. The second-order valence-corrected chi connectivity index (χ2v) is 4.19. The van der Waals surface area contributed by atoms with Crippen molar-refractivity contribution < 1.29 is 14.3 Å². The maximum Gasteiger partial charge on any atom is 0.257 e. The second-order valence-electron chi connectivity index (χ2n) is 4.19. The van der Waals surface area contributed by atoms with Crippen molar-refractivity contribution >= 4 is 5.91 Å². The minimum atomic E-state index is -0.572. The molecule has 1 atom stereocenters. The number of carbonyl (C=O) groups excluding carboxylic acids is 1. The van der Waals surface area contributed by atoms with Gasteiger partial charge in [-0.15, -0.1) is 0 Å². The number of phenolic OH excluding ortho intramolecular Hbond substituents is 1. The number of carbonyl (C=O) groups is 1. The van der Waals surface area contributed by atoms with Crippen molar-refractivity contribution in [2.24, 2.45) is 11.7 Å². The molecule has 17 heavy (non-hydrogen) atoms. The molecule has 1 aromatic carbocycles. The van der Waals surface area contributed by atoms with Crippen LogP contribution >= 0.6 is 0 Å². The Hall–Kier alpha value is -1.62. The van der Waals surface area contributed by atoms with Gasteiger partial charge in [-0.2, -0.15) is 0 Å². The van der Waals surface area contributed by atoms with Gasteiger partial charge < -0.3 is 15.7 Å². The number of halogens is 1. The first-order chi connectivity index (χ1) is 7.95. The zero-order valence-corrected chi connectivity index (χ0v) is 9.98. The molecule has 1 rings (SSSR count). The second kappa shape index (κ2) is 5.63. The largest absolute Gasteiger partial charge is 0.507 e. The van der Waals surface area contributed by atoms with Gasteiger partial charge in [0.15, 0.2) is 0 Å². The lowest BCUT2D eigenvalue weighted by atomic mass is 10.1. The number of hydrogen-bond acceptors (Lipinski definition) is 3. The van der Waals surface area contributed by atoms with E-state index in [1.807, 2.05) is 6.92 Å². The van der Waals surface area contributed by atoms with Crippen LogP contribution in [0.15, 0.2) is 18.2 Å². The molecule has 94 valence electrons. The normalized spacial score (nSPS) is 12.2. The van der Waals surface area contributed by atoms with Crippen LogP contribution in [0.2, 0.25) is 0 Å². The molecular weight excluding hydrogens is 223 g/mol. The molecule has 0 saturated carbocycles. The number of nitrogens with two attached hydrogens (primary N) is 1. The molecule has 0 bridgehead atoms. The lowest BCUT2D eigenvalue weighted by Crippen LogP contribution is -2.33. The Morgan fingerprint density at radius 2 is 2.24 bits per heavy atom. The summed E-state index contributed by atoms with van der Waals surface area (Å²) in [5.74, 6) is -1.09. The van der Waals surface area contributed by atoms with Gasteiger partial charge in [-0.1, -0.05) is 6.92 Å². The fraction of sp³-hybridized carbons (Fsp3) is 0.417. The van der Waals surface area contributed by atoms with Crippen molar-refractivity contribution in [1.82, 2.24) is 4.90 Å². The Kier molecular flexibility index (Phi) is 4.45. The highest BCUT2D eigenvalue weighted by Gasteiger charge is 2.17. The quantitative estimate of drug-likeness (QED) is 0.831. The molecule has 1 amide bonds. The minimum absolute atomic E-state index is 0.0955. The molecule has 1 aromatic rings. The van der Waals surface area contributed by atoms with Gasteiger partial charge in [0.05, 0.1) is 5.56 Å². The summed E-state index contributed by atoms with van der Waals surface area (Å²) >= 11 is 0. The molecule has 0 aliphatic rings. The molecule has 3 N–H and O–H groups in total. The van der Waals surface area contributed by atoms with Gasteiger partial charge in [0.25, 0.3) is 5.91 Å². The summed E-state index contributed by atoms with van der Waals surface area (Å²) in [5.41, 5.74) is 5.57. The van der Waals surface area contributed by atoms with E-state index in [1.54, 1.807) is 7.05 Å². The van der Waals surface area contributed by atoms with Crippen LogP contribution in [0.25, 0.3) is 0 Å². The van der Waals surface area contributed by atoms with Crippen LogP contribution in [0.1, 0.15) is 17.3 Å². The molecular formula is C12H17FN2O2. The first kappa shape index (κ1) is 13.4. The van der Waals surface area contributed by atoms with Crippen LogP contribution in [-0.4, -0.2) is 36.1 Å². The van der Waals surface area contributed by atoms with E-state index in [4.69, 9.17) is 5.73 Å². The first-order valence-electron chi connectivity index (χ1n) is 5.39. The Morgan fingerprint density at radius 3 is 2.76 bits per heavy atom. The Labute approximate surface area is 99.8 Å². The number of aromatic hydroxyl groups is 1. The number of amides is 1. The zero-order chi connectivity index (χ0) is 13.0. The van der Waals surface area contributed by atoms with Crippen LogP contribution in [0.4, 0.5) is 4.39 Å². The SMILES string of the molecule is CC(CN)CN(C)C(=O)c1ccc(F)cc1O. The molecule has 0 radical (unpaired) electrons. The van der Waals surface area contributed by atoms with Crippen molar-refractivity contribution in [2.75, 3.05) is 20.1 Å². The topological polar surface area (TPSA) is 66.6 Å². The van der Waals surface area contributed by atoms with E-state index in [9.17, 15) is 14.3 Å². The highest BCUT2D eigenvalue weighted by atomic mass is 19.1. The molecule has 0 aliphatic heterocycles. The predicted molar refractivity (Wildman–Crippen MR) is 63.2 cm³/mol. The van der Waals surface area contributed by atoms with Crippen LogP contribution < -0.4 is 5.73 Å². The van der Waals surface area contributed by atoms with Crippen LogP contribution in [0.5, 0.6) is 5.75 Å². The van der Waals surface area contributed by atoms with Gasteiger partial charge in [0.1, 0.15) is 11.6 Å². The van der Waals surface area contributed by atoms with Gasteiger partial charge in [-0.3, -0.25) is 4.79 Å². The fourth-order valence-corrected chi connectivity index (χ4v) is 1.52. The highest BCUT2D eigenvalue weighted by molar-refractivity contribution is 5.96. The van der Waals surface area contributed by atoms with Gasteiger partial charge in [-0.05, 0) is 24.6 Å². The van der Waals surface area contributed by atoms with E-state index < -0.39 is 5.82 Å². The summed E-state index contributed by atoms with van der Waals surface area (Å²) < 4.78 is 12.8. The summed E-state index contributed by atoms with van der Waals surface area (Å²) in [7, 11) is 1.62. The molecule has 0 aliphatic carbocycles. The Bertz CT molecular complexity index is 409. The number of phenols is 1. The molecule has 0 spiro atoms. The summed E-state index contributed by atoms with van der Waals surface area (Å²) in [6.45, 7) is 2.90. The lowest BCUT2D eigenvalue weighted by molar-refractivity contribution is 0.0774. The summed E-state index contributed by atoms with van der Waals surface area (Å²) in [6, 6.07) is 3.34. The number of rotatable bonds is 4. The molecule has 0 saturated heterocycles. The zero-order valence-electron chi connectivity index (χ0n) is 9.98. The van der Waals surface area contributed by atoms with Crippen molar-refractivity contribution in [1.29, 1.82) is 0 Å². The van der Waals surface area contributed by atoms with Crippen molar-refractivity contribution in [3.63, 3.8) is 0 Å². The van der Waals surface area contributed by atoms with Crippen molar-refractivity contribution in [3.8, 4) is 5.75 Å². The number of benzene rings is 1. The smallest absolute Gasteiger partial charge is 0.257 e. The predicted octanol–water partition coefficient (Wildman–Crippen LogP) is 1.20. The molecule has 0 fully saturated rings. The minimum Gasteiger partial charge on any atom is -0.507 e. The van der Waals surface area contributed by atoms with E-state index >= 15 is 0 Å². The van der Waals surface area contributed by atoms with E-state index in [0.717, 1.165) is 12.1 Å². The lowest BCUT2D eigenvalue weighted by Gasteiger charge is -2.21. The average molecular weight is 240 g/mol. The van der Waals surface area contributed by atoms with E-state index in [-0.39, 0.29) is 23.1 Å².